The fourth-order valence-corrected chi connectivity index (χ4v) is 2.76. The third-order valence-electron chi connectivity index (χ3n) is 4.00. The number of anilines is 2. The van der Waals surface area contributed by atoms with Crippen LogP contribution in [-0.2, 0) is 12.8 Å². The zero-order chi connectivity index (χ0) is 13.9. The van der Waals surface area contributed by atoms with Gasteiger partial charge in [-0.2, -0.15) is 0 Å². The van der Waals surface area contributed by atoms with Gasteiger partial charge < -0.3 is 11.2 Å². The van der Waals surface area contributed by atoms with E-state index in [4.69, 9.17) is 5.73 Å². The maximum atomic E-state index is 5.88. The molecule has 3 heteroatoms. The van der Waals surface area contributed by atoms with Gasteiger partial charge in [-0.15, -0.1) is 0 Å². The van der Waals surface area contributed by atoms with Crippen molar-refractivity contribution in [3.63, 3.8) is 0 Å². The van der Waals surface area contributed by atoms with E-state index in [2.05, 4.69) is 54.2 Å². The summed E-state index contributed by atoms with van der Waals surface area (Å²) in [6.07, 6.45) is 3.30. The summed E-state index contributed by atoms with van der Waals surface area (Å²) in [5, 5.41) is 0. The fourth-order valence-electron chi connectivity index (χ4n) is 2.76. The molecule has 4 N–H and O–H groups in total. The van der Waals surface area contributed by atoms with E-state index in [0.717, 1.165) is 30.6 Å². The molecule has 1 unspecified atom stereocenters. The Morgan fingerprint density at radius 2 is 1.95 bits per heavy atom. The second kappa shape index (κ2) is 5.55. The summed E-state index contributed by atoms with van der Waals surface area (Å²) >= 11 is 0. The fraction of sp³-hybridized carbons (Fsp3) is 0.294. The largest absolute Gasteiger partial charge is 0.399 e. The van der Waals surface area contributed by atoms with Gasteiger partial charge in [-0.25, -0.2) is 5.43 Å². The number of nitrogen functional groups attached to an aromatic ring is 1. The highest BCUT2D eigenvalue weighted by Gasteiger charge is 2.21. The van der Waals surface area contributed by atoms with Crippen LogP contribution in [0.4, 0.5) is 11.4 Å². The summed E-state index contributed by atoms with van der Waals surface area (Å²) in [6, 6.07) is 15.1. The maximum Gasteiger partial charge on any atom is 0.0516 e. The monoisotopic (exact) mass is 267 g/mol. The molecular formula is C17H21N3. The first kappa shape index (κ1) is 13.0. The molecule has 0 heterocycles. The average Bonchev–Trinajstić information content (AvgIpc) is 2.88. The third kappa shape index (κ3) is 2.63. The number of nitrogens with one attached hydrogen (secondary N) is 2. The van der Waals surface area contributed by atoms with Gasteiger partial charge in [0, 0.05) is 11.4 Å². The van der Waals surface area contributed by atoms with Crippen molar-refractivity contribution >= 4 is 11.4 Å². The lowest BCUT2D eigenvalue weighted by molar-refractivity contribution is 0.585. The Morgan fingerprint density at radius 1 is 1.15 bits per heavy atom. The van der Waals surface area contributed by atoms with Gasteiger partial charge in [0.2, 0.25) is 0 Å². The zero-order valence-electron chi connectivity index (χ0n) is 11.8. The molecule has 0 amide bonds. The summed E-state index contributed by atoms with van der Waals surface area (Å²) in [7, 11) is 0. The average molecular weight is 267 g/mol. The van der Waals surface area contributed by atoms with Crippen LogP contribution < -0.4 is 16.6 Å². The summed E-state index contributed by atoms with van der Waals surface area (Å²) in [4.78, 5) is 0. The smallest absolute Gasteiger partial charge is 0.0516 e. The lowest BCUT2D eigenvalue weighted by Crippen LogP contribution is -2.25. The topological polar surface area (TPSA) is 50.1 Å². The first-order valence-electron chi connectivity index (χ1n) is 7.25. The second-order valence-corrected chi connectivity index (χ2v) is 5.37. The Morgan fingerprint density at radius 3 is 2.70 bits per heavy atom. The van der Waals surface area contributed by atoms with E-state index in [1.54, 1.807) is 0 Å². The number of hydrogen-bond acceptors (Lipinski definition) is 3. The predicted octanol–water partition coefficient (Wildman–Crippen LogP) is 3.44. The van der Waals surface area contributed by atoms with E-state index in [1.807, 2.05) is 6.07 Å². The lowest BCUT2D eigenvalue weighted by atomic mass is 10.1. The van der Waals surface area contributed by atoms with Crippen molar-refractivity contribution in [2.24, 2.45) is 0 Å². The van der Waals surface area contributed by atoms with Crippen molar-refractivity contribution in [1.29, 1.82) is 0 Å². The molecule has 104 valence electrons. The summed E-state index contributed by atoms with van der Waals surface area (Å²) in [6.45, 7) is 2.17. The predicted molar refractivity (Wildman–Crippen MR) is 84.5 cm³/mol. The van der Waals surface area contributed by atoms with Gasteiger partial charge in [0.15, 0.2) is 0 Å². The minimum Gasteiger partial charge on any atom is -0.399 e. The number of fused-ring (bicyclic) bond motifs is 1. The van der Waals surface area contributed by atoms with Crippen LogP contribution in [0.3, 0.4) is 0 Å². The van der Waals surface area contributed by atoms with Crippen molar-refractivity contribution in [2.75, 3.05) is 11.2 Å². The Labute approximate surface area is 120 Å². The molecule has 0 aromatic heterocycles. The lowest BCUT2D eigenvalue weighted by Gasteiger charge is -2.16. The highest BCUT2D eigenvalue weighted by atomic mass is 15.4. The van der Waals surface area contributed by atoms with Gasteiger partial charge in [-0.05, 0) is 60.2 Å². The third-order valence-corrected chi connectivity index (χ3v) is 4.00. The van der Waals surface area contributed by atoms with Crippen LogP contribution in [0.2, 0.25) is 0 Å². The second-order valence-electron chi connectivity index (χ2n) is 5.37. The van der Waals surface area contributed by atoms with Crippen LogP contribution in [0.15, 0.2) is 42.5 Å². The van der Waals surface area contributed by atoms with Crippen LogP contribution >= 0.6 is 0 Å². The molecule has 0 spiro atoms. The quantitative estimate of drug-likeness (QED) is 0.587. The van der Waals surface area contributed by atoms with E-state index in [1.165, 1.54) is 16.7 Å². The highest BCUT2D eigenvalue weighted by molar-refractivity contribution is 5.49. The van der Waals surface area contributed by atoms with Gasteiger partial charge in [0.1, 0.15) is 0 Å². The number of benzene rings is 2. The normalized spacial score (nSPS) is 16.9. The number of rotatable bonds is 4. The van der Waals surface area contributed by atoms with Gasteiger partial charge in [-0.3, -0.25) is 0 Å². The van der Waals surface area contributed by atoms with Gasteiger partial charge in [0.25, 0.3) is 0 Å². The molecule has 2 aromatic rings. The SMILES string of the molecule is CCc1ccc(NNC2CCc3ccc(N)cc32)cc1. The molecule has 0 saturated carbocycles. The van der Waals surface area contributed by atoms with Crippen LogP contribution in [0.1, 0.15) is 36.1 Å². The van der Waals surface area contributed by atoms with E-state index in [-0.39, 0.29) is 0 Å². The number of aryl methyl sites for hydroxylation is 2. The molecule has 2 aromatic carbocycles. The first-order valence-corrected chi connectivity index (χ1v) is 7.25. The van der Waals surface area contributed by atoms with Gasteiger partial charge >= 0.3 is 0 Å². The molecule has 0 saturated heterocycles. The number of hydrazine groups is 1. The standard InChI is InChI=1S/C17H21N3/c1-2-12-3-8-15(9-4-12)19-20-17-10-6-13-5-7-14(18)11-16(13)17/h3-5,7-9,11,17,19-20H,2,6,10,18H2,1H3. The summed E-state index contributed by atoms with van der Waals surface area (Å²) in [5.41, 5.74) is 18.6. The van der Waals surface area contributed by atoms with Crippen LogP contribution in [0, 0.1) is 0 Å². The molecule has 20 heavy (non-hydrogen) atoms. The number of nitrogens with two attached hydrogens (primary N) is 1. The van der Waals surface area contributed by atoms with Crippen molar-refractivity contribution in [2.45, 2.75) is 32.2 Å². The van der Waals surface area contributed by atoms with Crippen LogP contribution in [0.5, 0.6) is 0 Å². The molecule has 3 rings (SSSR count). The minimum atomic E-state index is 0.333. The molecule has 0 bridgehead atoms. The summed E-state index contributed by atoms with van der Waals surface area (Å²) < 4.78 is 0. The Balaban J connectivity index is 1.66. The Kier molecular flexibility index (Phi) is 3.61. The molecule has 0 radical (unpaired) electrons. The molecule has 0 fully saturated rings. The molecule has 1 aliphatic rings. The van der Waals surface area contributed by atoms with Crippen LogP contribution in [-0.4, -0.2) is 0 Å². The number of hydrogen-bond donors (Lipinski definition) is 3. The minimum absolute atomic E-state index is 0.333. The van der Waals surface area contributed by atoms with E-state index < -0.39 is 0 Å². The maximum absolute atomic E-state index is 5.88. The Hall–Kier alpha value is -2.00. The highest BCUT2D eigenvalue weighted by Crippen LogP contribution is 2.32. The zero-order valence-corrected chi connectivity index (χ0v) is 11.8. The molecular weight excluding hydrogens is 246 g/mol. The van der Waals surface area contributed by atoms with E-state index in [0.29, 0.717) is 6.04 Å². The van der Waals surface area contributed by atoms with E-state index in [9.17, 15) is 0 Å². The summed E-state index contributed by atoms with van der Waals surface area (Å²) in [5.74, 6) is 0. The van der Waals surface area contributed by atoms with Crippen molar-refractivity contribution in [3.05, 3.63) is 59.2 Å². The molecule has 3 nitrogen and oxygen atoms in total. The van der Waals surface area contributed by atoms with Crippen LogP contribution in [0.25, 0.3) is 0 Å². The first-order chi connectivity index (χ1) is 9.76. The van der Waals surface area contributed by atoms with Crippen molar-refractivity contribution in [3.8, 4) is 0 Å². The van der Waals surface area contributed by atoms with Gasteiger partial charge in [0.05, 0.1) is 6.04 Å². The Bertz CT molecular complexity index is 590. The van der Waals surface area contributed by atoms with Crippen molar-refractivity contribution < 1.29 is 0 Å². The molecule has 0 aliphatic heterocycles. The van der Waals surface area contributed by atoms with E-state index >= 15 is 0 Å². The van der Waals surface area contributed by atoms with Crippen molar-refractivity contribution in [1.82, 2.24) is 5.43 Å². The molecule has 1 atom stereocenters. The molecule has 1 aliphatic carbocycles. The van der Waals surface area contributed by atoms with Gasteiger partial charge in [-0.1, -0.05) is 25.1 Å².